The molecular weight excluding hydrogens is 903 g/mol. The summed E-state index contributed by atoms with van der Waals surface area (Å²) >= 11 is 1.22. The molecule has 342 valence electrons. The summed E-state index contributed by atoms with van der Waals surface area (Å²) < 4.78 is 68.4. The SMILES string of the molecule is CCN(CC)c1ccc(/N=N/c2ccc(S(=O)(=O)O)c3ccccc23)c(Nc2nc(Nc3cc(N(CC)CC)ccc3/N=N/c3ccc(S(=O)(=O)O)c4ccccc34)nc(SCCO)n2)c1. The van der Waals surface area contributed by atoms with Gasteiger partial charge in [0, 0.05) is 64.9 Å². The minimum Gasteiger partial charge on any atom is -0.396 e. The van der Waals surface area contributed by atoms with E-state index in [1.165, 1.54) is 36.0 Å². The summed E-state index contributed by atoms with van der Waals surface area (Å²) in [5, 5.41) is 36.5. The van der Waals surface area contributed by atoms with Crippen molar-refractivity contribution in [2.24, 2.45) is 20.5 Å². The van der Waals surface area contributed by atoms with Crippen molar-refractivity contribution in [3.63, 3.8) is 0 Å². The summed E-state index contributed by atoms with van der Waals surface area (Å²) in [4.78, 5) is 18.0. The van der Waals surface area contributed by atoms with Crippen LogP contribution in [0.15, 0.2) is 145 Å². The van der Waals surface area contributed by atoms with Gasteiger partial charge in [-0.2, -0.15) is 31.8 Å². The fourth-order valence-corrected chi connectivity index (χ4v) is 9.22. The Morgan fingerprint density at radius 2 is 0.909 bits per heavy atom. The third kappa shape index (κ3) is 10.9. The van der Waals surface area contributed by atoms with Gasteiger partial charge in [-0.1, -0.05) is 60.3 Å². The fourth-order valence-electron chi connectivity index (χ4n) is 7.26. The minimum absolute atomic E-state index is 0.130. The Balaban J connectivity index is 1.30. The van der Waals surface area contributed by atoms with Crippen molar-refractivity contribution in [1.29, 1.82) is 0 Å². The molecule has 6 aromatic carbocycles. The molecule has 5 N–H and O–H groups in total. The molecule has 0 saturated carbocycles. The predicted octanol–water partition coefficient (Wildman–Crippen LogP) is 10.8. The Morgan fingerprint density at radius 3 is 1.29 bits per heavy atom. The zero-order chi connectivity index (χ0) is 47.0. The highest BCUT2D eigenvalue weighted by molar-refractivity contribution is 7.99. The van der Waals surface area contributed by atoms with Gasteiger partial charge in [0.25, 0.3) is 20.2 Å². The highest BCUT2D eigenvalue weighted by atomic mass is 32.2. The number of rotatable bonds is 19. The number of hydrogen-bond donors (Lipinski definition) is 5. The van der Waals surface area contributed by atoms with Gasteiger partial charge in [-0.3, -0.25) is 9.11 Å². The van der Waals surface area contributed by atoms with Crippen LogP contribution in [0, 0.1) is 0 Å². The van der Waals surface area contributed by atoms with Crippen molar-refractivity contribution in [1.82, 2.24) is 15.0 Å². The number of nitrogens with one attached hydrogen (secondary N) is 2. The molecule has 0 amide bonds. The van der Waals surface area contributed by atoms with Gasteiger partial charge in [0.1, 0.15) is 21.2 Å². The average molecular weight is 950 g/mol. The molecule has 18 nitrogen and oxygen atoms in total. The first-order chi connectivity index (χ1) is 31.7. The predicted molar refractivity (Wildman–Crippen MR) is 260 cm³/mol. The molecule has 0 radical (unpaired) electrons. The highest BCUT2D eigenvalue weighted by Gasteiger charge is 2.19. The molecule has 0 aliphatic carbocycles. The van der Waals surface area contributed by atoms with E-state index < -0.39 is 20.2 Å². The Morgan fingerprint density at radius 1 is 0.530 bits per heavy atom. The molecule has 66 heavy (non-hydrogen) atoms. The van der Waals surface area contributed by atoms with Crippen molar-refractivity contribution >= 4 is 111 Å². The number of aromatic nitrogens is 3. The van der Waals surface area contributed by atoms with Crippen LogP contribution in [0.5, 0.6) is 0 Å². The van der Waals surface area contributed by atoms with E-state index in [1.54, 1.807) is 60.7 Å². The fraction of sp³-hybridized carbons (Fsp3) is 0.222. The number of nitrogens with zero attached hydrogens (tertiary/aromatic N) is 9. The summed E-state index contributed by atoms with van der Waals surface area (Å²) in [6, 6.07) is 30.1. The minimum atomic E-state index is -4.51. The van der Waals surface area contributed by atoms with Crippen LogP contribution in [-0.2, 0) is 20.2 Å². The number of fused-ring (bicyclic) bond motifs is 2. The Hall–Kier alpha value is -6.62. The number of aliphatic hydroxyl groups is 1. The monoisotopic (exact) mass is 949 g/mol. The summed E-state index contributed by atoms with van der Waals surface area (Å²) in [6.07, 6.45) is 0. The van der Waals surface area contributed by atoms with Crippen LogP contribution < -0.4 is 20.4 Å². The zero-order valence-electron chi connectivity index (χ0n) is 36.4. The maximum absolute atomic E-state index is 12.2. The molecule has 0 atom stereocenters. The van der Waals surface area contributed by atoms with E-state index in [1.807, 2.05) is 52.0 Å². The maximum atomic E-state index is 12.2. The number of benzene rings is 6. The zero-order valence-corrected chi connectivity index (χ0v) is 38.8. The maximum Gasteiger partial charge on any atom is 0.295 e. The number of hydrogen-bond acceptors (Lipinski definition) is 17. The lowest BCUT2D eigenvalue weighted by atomic mass is 10.1. The van der Waals surface area contributed by atoms with Crippen molar-refractivity contribution in [3.8, 4) is 0 Å². The largest absolute Gasteiger partial charge is 0.396 e. The van der Waals surface area contributed by atoms with Gasteiger partial charge in [-0.05, 0) is 88.4 Å². The normalized spacial score (nSPS) is 12.1. The van der Waals surface area contributed by atoms with E-state index in [-0.39, 0.29) is 28.3 Å². The second-order valence-corrected chi connectivity index (χ2v) is 18.3. The highest BCUT2D eigenvalue weighted by Crippen LogP contribution is 2.39. The van der Waals surface area contributed by atoms with E-state index in [9.17, 15) is 31.0 Å². The van der Waals surface area contributed by atoms with Gasteiger partial charge in [0.15, 0.2) is 5.16 Å². The molecule has 0 unspecified atom stereocenters. The third-order valence-electron chi connectivity index (χ3n) is 10.5. The van der Waals surface area contributed by atoms with Crippen LogP contribution >= 0.6 is 11.8 Å². The first-order valence-electron chi connectivity index (χ1n) is 20.9. The van der Waals surface area contributed by atoms with E-state index >= 15 is 0 Å². The number of anilines is 6. The molecule has 0 fully saturated rings. The van der Waals surface area contributed by atoms with Crippen LogP contribution in [0.3, 0.4) is 0 Å². The summed E-state index contributed by atoms with van der Waals surface area (Å²) in [5.74, 6) is 0.570. The van der Waals surface area contributed by atoms with Crippen LogP contribution in [-0.4, -0.2) is 84.5 Å². The van der Waals surface area contributed by atoms with E-state index in [0.717, 1.165) is 37.6 Å². The third-order valence-corrected chi connectivity index (χ3v) is 13.1. The Labute approximate surface area is 386 Å². The topological polar surface area (TPSA) is 248 Å². The standard InChI is InChI=1S/C45H47N11O7S3/c1-5-55(6-2)29-17-19-37(53-51-35-21-23-41(65(58,59)60)33-15-11-9-13-31(33)35)39(27-29)46-43-48-44(50-45(49-43)64-26-25-57)47-40-28-30(56(7-3)8-4)18-20-38(40)54-52-36-22-24-42(66(61,62)63)34-16-12-10-14-32(34)36/h9-24,27-28,57H,5-8,25-26H2,1-4H3,(H,58,59,60)(H,61,62,63)(H2,46,47,48,49,50)/b53-51+,54-52+. The molecule has 0 spiro atoms. The van der Waals surface area contributed by atoms with Crippen molar-refractivity contribution in [3.05, 3.63) is 109 Å². The molecule has 0 bridgehead atoms. The van der Waals surface area contributed by atoms with Crippen LogP contribution in [0.4, 0.5) is 57.4 Å². The first-order valence-corrected chi connectivity index (χ1v) is 24.7. The lowest BCUT2D eigenvalue weighted by Gasteiger charge is -2.22. The molecule has 0 aliphatic heterocycles. The molecule has 1 heterocycles. The Bertz CT molecular complexity index is 2980. The smallest absolute Gasteiger partial charge is 0.295 e. The summed E-state index contributed by atoms with van der Waals surface area (Å²) in [7, 11) is -9.01. The number of aliphatic hydroxyl groups excluding tert-OH is 1. The van der Waals surface area contributed by atoms with Crippen molar-refractivity contribution in [2.75, 3.05) is 59.0 Å². The van der Waals surface area contributed by atoms with Gasteiger partial charge in [0.05, 0.1) is 29.4 Å². The molecule has 7 rings (SSSR count). The molecule has 7 aromatic rings. The van der Waals surface area contributed by atoms with Gasteiger partial charge in [-0.15, -0.1) is 20.5 Å². The first kappa shape index (κ1) is 47.3. The number of azo groups is 2. The lowest BCUT2D eigenvalue weighted by molar-refractivity contribution is 0.322. The van der Waals surface area contributed by atoms with E-state index in [2.05, 4.69) is 50.9 Å². The molecular formula is C45H47N11O7S3. The summed E-state index contributed by atoms with van der Waals surface area (Å²) in [5.41, 5.74) is 4.29. The molecule has 21 heteroatoms. The van der Waals surface area contributed by atoms with Crippen LogP contribution in [0.1, 0.15) is 27.7 Å². The van der Waals surface area contributed by atoms with E-state index in [4.69, 9.17) is 4.98 Å². The van der Waals surface area contributed by atoms with Gasteiger partial charge in [0.2, 0.25) is 11.9 Å². The molecule has 1 aromatic heterocycles. The van der Waals surface area contributed by atoms with Crippen LogP contribution in [0.2, 0.25) is 0 Å². The average Bonchev–Trinajstić information content (AvgIpc) is 3.30. The number of thioether (sulfide) groups is 1. The lowest BCUT2D eigenvalue weighted by Crippen LogP contribution is -2.21. The van der Waals surface area contributed by atoms with Crippen molar-refractivity contribution in [2.45, 2.75) is 42.6 Å². The van der Waals surface area contributed by atoms with Gasteiger partial charge in [-0.25, -0.2) is 0 Å². The quantitative estimate of drug-likeness (QED) is 0.0287. The summed E-state index contributed by atoms with van der Waals surface area (Å²) in [6.45, 7) is 11.0. The van der Waals surface area contributed by atoms with Crippen molar-refractivity contribution < 1.29 is 31.0 Å². The molecule has 0 saturated heterocycles. The second-order valence-electron chi connectivity index (χ2n) is 14.4. The van der Waals surface area contributed by atoms with Gasteiger partial charge >= 0.3 is 0 Å². The van der Waals surface area contributed by atoms with Gasteiger partial charge < -0.3 is 25.5 Å². The van der Waals surface area contributed by atoms with E-state index in [0.29, 0.717) is 66.6 Å². The Kier molecular flexibility index (Phi) is 14.8. The molecule has 0 aliphatic rings. The second kappa shape index (κ2) is 20.7. The van der Waals surface area contributed by atoms with Crippen LogP contribution in [0.25, 0.3) is 21.5 Å².